The number of hydrogen-bond donors (Lipinski definition) is 2. The molecule has 1 saturated carbocycles. The molecule has 8 heteroatoms. The molecule has 1 aliphatic carbocycles. The first kappa shape index (κ1) is 16.4. The highest BCUT2D eigenvalue weighted by Crippen LogP contribution is 2.25. The molecule has 1 aromatic rings. The second-order valence-corrected chi connectivity index (χ2v) is 6.06. The van der Waals surface area contributed by atoms with Gasteiger partial charge in [-0.3, -0.25) is 30.6 Å². The number of hydrogen-bond acceptors (Lipinski definition) is 4. The summed E-state index contributed by atoms with van der Waals surface area (Å²) >= 11 is 3.05. The quantitative estimate of drug-likeness (QED) is 0.631. The molecule has 1 fully saturated rings. The number of carbonyl (C=O) groups is 2. The van der Waals surface area contributed by atoms with Crippen molar-refractivity contribution < 1.29 is 14.5 Å². The van der Waals surface area contributed by atoms with Crippen molar-refractivity contribution in [3.63, 3.8) is 0 Å². The SMILES string of the molecule is O=C(NNC(=O)C1CCCCC1)c1ccc(Br)c([N+](=O)[O-])c1. The Morgan fingerprint density at radius 3 is 2.50 bits per heavy atom. The van der Waals surface area contributed by atoms with Crippen LogP contribution in [0.4, 0.5) is 5.69 Å². The van der Waals surface area contributed by atoms with Gasteiger partial charge in [-0.05, 0) is 40.9 Å². The number of nitrogens with zero attached hydrogens (tertiary/aromatic N) is 1. The monoisotopic (exact) mass is 369 g/mol. The number of hydrazine groups is 1. The Morgan fingerprint density at radius 1 is 1.18 bits per heavy atom. The molecule has 0 saturated heterocycles. The van der Waals surface area contributed by atoms with E-state index in [0.29, 0.717) is 4.47 Å². The van der Waals surface area contributed by atoms with Gasteiger partial charge in [0.25, 0.3) is 11.6 Å². The Kier molecular flexibility index (Phi) is 5.48. The summed E-state index contributed by atoms with van der Waals surface area (Å²) in [5.74, 6) is -0.868. The zero-order valence-corrected chi connectivity index (χ0v) is 13.4. The normalized spacial score (nSPS) is 15.1. The molecule has 1 aliphatic rings. The van der Waals surface area contributed by atoms with E-state index < -0.39 is 10.8 Å². The molecule has 22 heavy (non-hydrogen) atoms. The van der Waals surface area contributed by atoms with Gasteiger partial charge in [-0.15, -0.1) is 0 Å². The Morgan fingerprint density at radius 2 is 1.86 bits per heavy atom. The number of nitro groups is 1. The van der Waals surface area contributed by atoms with E-state index in [0.717, 1.165) is 38.2 Å². The molecule has 0 aromatic heterocycles. The smallest absolute Gasteiger partial charge is 0.273 e. The van der Waals surface area contributed by atoms with Crippen LogP contribution in [0.5, 0.6) is 0 Å². The van der Waals surface area contributed by atoms with Crippen LogP contribution < -0.4 is 10.9 Å². The molecule has 0 atom stereocenters. The molecule has 2 amide bonds. The fraction of sp³-hybridized carbons (Fsp3) is 0.429. The molecule has 2 rings (SSSR count). The Balaban J connectivity index is 1.96. The van der Waals surface area contributed by atoms with E-state index in [-0.39, 0.29) is 23.1 Å². The first-order valence-electron chi connectivity index (χ1n) is 7.03. The summed E-state index contributed by atoms with van der Waals surface area (Å²) in [6.45, 7) is 0. The third kappa shape index (κ3) is 4.03. The van der Waals surface area contributed by atoms with Gasteiger partial charge in [-0.1, -0.05) is 19.3 Å². The maximum absolute atomic E-state index is 12.0. The molecule has 0 spiro atoms. The van der Waals surface area contributed by atoms with Crippen molar-refractivity contribution in [3.05, 3.63) is 38.3 Å². The van der Waals surface area contributed by atoms with E-state index in [1.165, 1.54) is 12.1 Å². The minimum atomic E-state index is -0.584. The van der Waals surface area contributed by atoms with Crippen LogP contribution in [0.3, 0.4) is 0 Å². The van der Waals surface area contributed by atoms with Crippen LogP contribution in [0, 0.1) is 16.0 Å². The summed E-state index contributed by atoms with van der Waals surface area (Å²) in [4.78, 5) is 34.1. The van der Waals surface area contributed by atoms with Crippen molar-refractivity contribution in [3.8, 4) is 0 Å². The van der Waals surface area contributed by atoms with Crippen molar-refractivity contribution in [1.82, 2.24) is 10.9 Å². The van der Waals surface area contributed by atoms with E-state index in [9.17, 15) is 19.7 Å². The lowest BCUT2D eigenvalue weighted by Crippen LogP contribution is -2.44. The molecule has 0 heterocycles. The molecule has 0 bridgehead atoms. The van der Waals surface area contributed by atoms with Gasteiger partial charge in [0, 0.05) is 17.5 Å². The van der Waals surface area contributed by atoms with Gasteiger partial charge < -0.3 is 0 Å². The summed E-state index contributed by atoms with van der Waals surface area (Å²) in [5, 5.41) is 10.8. The molecule has 0 radical (unpaired) electrons. The van der Waals surface area contributed by atoms with Crippen molar-refractivity contribution in [2.24, 2.45) is 5.92 Å². The number of rotatable bonds is 3. The zero-order valence-electron chi connectivity index (χ0n) is 11.8. The molecule has 7 nitrogen and oxygen atoms in total. The number of nitrogens with one attached hydrogen (secondary N) is 2. The molecule has 118 valence electrons. The molecule has 0 unspecified atom stereocenters. The molecular weight excluding hydrogens is 354 g/mol. The average molecular weight is 370 g/mol. The van der Waals surface area contributed by atoms with Crippen molar-refractivity contribution >= 4 is 33.4 Å². The van der Waals surface area contributed by atoms with Crippen LogP contribution in [-0.4, -0.2) is 16.7 Å². The number of nitro benzene ring substituents is 1. The summed E-state index contributed by atoms with van der Waals surface area (Å²) in [6.07, 6.45) is 4.82. The minimum Gasteiger partial charge on any atom is -0.273 e. The lowest BCUT2D eigenvalue weighted by molar-refractivity contribution is -0.385. The van der Waals surface area contributed by atoms with Gasteiger partial charge in [-0.2, -0.15) is 0 Å². The lowest BCUT2D eigenvalue weighted by atomic mass is 9.89. The van der Waals surface area contributed by atoms with E-state index >= 15 is 0 Å². The van der Waals surface area contributed by atoms with E-state index in [2.05, 4.69) is 26.8 Å². The summed E-state index contributed by atoms with van der Waals surface area (Å²) in [5.41, 5.74) is 4.61. The molecule has 0 aliphatic heterocycles. The highest BCUT2D eigenvalue weighted by molar-refractivity contribution is 9.10. The maximum atomic E-state index is 12.0. The average Bonchev–Trinajstić information content (AvgIpc) is 2.53. The summed E-state index contributed by atoms with van der Waals surface area (Å²) in [6, 6.07) is 4.03. The first-order chi connectivity index (χ1) is 10.5. The maximum Gasteiger partial charge on any atom is 0.284 e. The second-order valence-electron chi connectivity index (χ2n) is 5.20. The van der Waals surface area contributed by atoms with Crippen molar-refractivity contribution in [2.45, 2.75) is 32.1 Å². The van der Waals surface area contributed by atoms with Gasteiger partial charge in [0.2, 0.25) is 5.91 Å². The van der Waals surface area contributed by atoms with Crippen LogP contribution in [0.25, 0.3) is 0 Å². The summed E-state index contributed by atoms with van der Waals surface area (Å²) in [7, 11) is 0. The van der Waals surface area contributed by atoms with Gasteiger partial charge in [0.1, 0.15) is 0 Å². The van der Waals surface area contributed by atoms with Gasteiger partial charge in [0.05, 0.1) is 9.40 Å². The highest BCUT2D eigenvalue weighted by Gasteiger charge is 2.22. The third-order valence-corrected chi connectivity index (χ3v) is 4.35. The standard InChI is InChI=1S/C14H16BrN3O4/c15-11-7-6-10(8-12(11)18(21)22)14(20)17-16-13(19)9-4-2-1-3-5-9/h6-9H,1-5H2,(H,16,19)(H,17,20). The number of benzene rings is 1. The largest absolute Gasteiger partial charge is 0.284 e. The van der Waals surface area contributed by atoms with E-state index in [4.69, 9.17) is 0 Å². The van der Waals surface area contributed by atoms with Crippen LogP contribution in [0.2, 0.25) is 0 Å². The van der Waals surface area contributed by atoms with Crippen LogP contribution in [-0.2, 0) is 4.79 Å². The topological polar surface area (TPSA) is 101 Å². The van der Waals surface area contributed by atoms with Crippen LogP contribution >= 0.6 is 15.9 Å². The first-order valence-corrected chi connectivity index (χ1v) is 7.82. The lowest BCUT2D eigenvalue weighted by Gasteiger charge is -2.20. The van der Waals surface area contributed by atoms with Gasteiger partial charge in [-0.25, -0.2) is 0 Å². The molecule has 2 N–H and O–H groups in total. The predicted molar refractivity (Wildman–Crippen MR) is 83.0 cm³/mol. The minimum absolute atomic E-state index is 0.0756. The van der Waals surface area contributed by atoms with Gasteiger partial charge in [0.15, 0.2) is 0 Å². The van der Waals surface area contributed by atoms with Crippen LogP contribution in [0.1, 0.15) is 42.5 Å². The predicted octanol–water partition coefficient (Wildman–Crippen LogP) is 2.70. The second kappa shape index (κ2) is 7.35. The summed E-state index contributed by atoms with van der Waals surface area (Å²) < 4.78 is 0.292. The van der Waals surface area contributed by atoms with E-state index in [1.807, 2.05) is 0 Å². The number of amides is 2. The van der Waals surface area contributed by atoms with Crippen LogP contribution in [0.15, 0.2) is 22.7 Å². The van der Waals surface area contributed by atoms with Gasteiger partial charge >= 0.3 is 0 Å². The fourth-order valence-corrected chi connectivity index (χ4v) is 2.84. The number of halogens is 1. The van der Waals surface area contributed by atoms with Crippen molar-refractivity contribution in [2.75, 3.05) is 0 Å². The molecular formula is C14H16BrN3O4. The van der Waals surface area contributed by atoms with E-state index in [1.54, 1.807) is 0 Å². The van der Waals surface area contributed by atoms with Crippen molar-refractivity contribution in [1.29, 1.82) is 0 Å². The molecule has 1 aromatic carbocycles. The highest BCUT2D eigenvalue weighted by atomic mass is 79.9. The Hall–Kier alpha value is -1.96. The Labute approximate surface area is 135 Å². The third-order valence-electron chi connectivity index (χ3n) is 3.68. The zero-order chi connectivity index (χ0) is 16.1. The Bertz CT molecular complexity index is 600. The number of carbonyl (C=O) groups excluding carboxylic acids is 2. The fourth-order valence-electron chi connectivity index (χ4n) is 2.45.